The van der Waals surface area contributed by atoms with Crippen LogP contribution >= 0.6 is 12.4 Å². The number of hydrogen-bond acceptors (Lipinski definition) is 4. The Morgan fingerprint density at radius 2 is 1.91 bits per heavy atom. The Labute approximate surface area is 145 Å². The third-order valence-electron chi connectivity index (χ3n) is 4.15. The van der Waals surface area contributed by atoms with E-state index in [1.807, 2.05) is 45.0 Å². The van der Waals surface area contributed by atoms with Crippen LogP contribution in [-0.2, 0) is 4.79 Å². The van der Waals surface area contributed by atoms with E-state index in [-0.39, 0.29) is 24.4 Å². The lowest BCUT2D eigenvalue weighted by atomic mass is 9.81. The van der Waals surface area contributed by atoms with Crippen LogP contribution in [0.5, 0.6) is 11.5 Å². The molecular weight excluding hydrogens is 316 g/mol. The molecule has 6 heteroatoms. The van der Waals surface area contributed by atoms with Crippen LogP contribution in [0.25, 0.3) is 0 Å². The predicted molar refractivity (Wildman–Crippen MR) is 95.4 cm³/mol. The molecule has 3 N–H and O–H groups in total. The molecule has 5 nitrogen and oxygen atoms in total. The molecule has 0 aromatic heterocycles. The molecule has 1 rings (SSSR count). The van der Waals surface area contributed by atoms with Crippen molar-refractivity contribution in [2.24, 2.45) is 11.1 Å². The Hall–Kier alpha value is -1.46. The Bertz CT molecular complexity index is 470. The molecule has 23 heavy (non-hydrogen) atoms. The van der Waals surface area contributed by atoms with Gasteiger partial charge in [-0.3, -0.25) is 4.79 Å². The molecule has 0 heterocycles. The molecule has 0 saturated heterocycles. The van der Waals surface area contributed by atoms with Gasteiger partial charge in [-0.1, -0.05) is 19.9 Å². The second-order valence-corrected chi connectivity index (χ2v) is 5.51. The highest BCUT2D eigenvalue weighted by Gasteiger charge is 2.33. The summed E-state index contributed by atoms with van der Waals surface area (Å²) in [6.45, 7) is 6.70. The number of nitrogens with two attached hydrogens (primary N) is 1. The molecule has 0 bridgehead atoms. The van der Waals surface area contributed by atoms with Gasteiger partial charge in [0.25, 0.3) is 0 Å². The zero-order chi connectivity index (χ0) is 16.6. The number of methoxy groups -OCH3 is 1. The zero-order valence-corrected chi connectivity index (χ0v) is 15.2. The van der Waals surface area contributed by atoms with Crippen LogP contribution < -0.4 is 20.5 Å². The average molecular weight is 345 g/mol. The molecule has 0 aliphatic heterocycles. The lowest BCUT2D eigenvalue weighted by molar-refractivity contribution is -0.131. The van der Waals surface area contributed by atoms with Crippen LogP contribution in [0.4, 0.5) is 0 Å². The van der Waals surface area contributed by atoms with Gasteiger partial charge >= 0.3 is 0 Å². The second kappa shape index (κ2) is 10.3. The van der Waals surface area contributed by atoms with Crippen molar-refractivity contribution in [3.05, 3.63) is 24.3 Å². The van der Waals surface area contributed by atoms with E-state index in [9.17, 15) is 4.79 Å². The van der Waals surface area contributed by atoms with Crippen molar-refractivity contribution in [1.29, 1.82) is 0 Å². The van der Waals surface area contributed by atoms with Gasteiger partial charge in [0.15, 0.2) is 0 Å². The van der Waals surface area contributed by atoms with Crippen LogP contribution in [0.2, 0.25) is 0 Å². The standard InChI is InChI=1S/C17H28N2O3.ClH/c1-5-17(6-2,12-18)16(20)19-11-13(3)22-15-9-7-8-14(10-15)21-4;/h7-10,13H,5-6,11-12,18H2,1-4H3,(H,19,20);1H. The third-order valence-corrected chi connectivity index (χ3v) is 4.15. The van der Waals surface area contributed by atoms with Gasteiger partial charge in [-0.25, -0.2) is 0 Å². The van der Waals surface area contributed by atoms with Gasteiger partial charge in [0.1, 0.15) is 17.6 Å². The fraction of sp³-hybridized carbons (Fsp3) is 0.588. The highest BCUT2D eigenvalue weighted by Crippen LogP contribution is 2.25. The van der Waals surface area contributed by atoms with Crippen LogP contribution in [0, 0.1) is 5.41 Å². The summed E-state index contributed by atoms with van der Waals surface area (Å²) in [5, 5.41) is 2.95. The smallest absolute Gasteiger partial charge is 0.227 e. The maximum atomic E-state index is 12.3. The van der Waals surface area contributed by atoms with Gasteiger partial charge in [0.2, 0.25) is 5.91 Å². The number of carbonyl (C=O) groups excluding carboxylic acids is 1. The van der Waals surface area contributed by atoms with Crippen molar-refractivity contribution < 1.29 is 14.3 Å². The Kier molecular flexibility index (Phi) is 9.68. The zero-order valence-electron chi connectivity index (χ0n) is 14.4. The number of hydrogen-bond donors (Lipinski definition) is 2. The first kappa shape index (κ1) is 21.5. The summed E-state index contributed by atoms with van der Waals surface area (Å²) in [5.41, 5.74) is 5.31. The summed E-state index contributed by atoms with van der Waals surface area (Å²) in [6.07, 6.45) is 1.33. The highest BCUT2D eigenvalue weighted by molar-refractivity contribution is 5.85. The minimum absolute atomic E-state index is 0. The lowest BCUT2D eigenvalue weighted by Gasteiger charge is -2.29. The molecule has 0 fully saturated rings. The van der Waals surface area contributed by atoms with Crippen molar-refractivity contribution in [2.45, 2.75) is 39.7 Å². The first-order valence-electron chi connectivity index (χ1n) is 7.80. The van der Waals surface area contributed by atoms with E-state index in [1.54, 1.807) is 7.11 Å². The molecule has 1 aromatic carbocycles. The number of ether oxygens (including phenoxy) is 2. The molecule has 1 unspecified atom stereocenters. The minimum Gasteiger partial charge on any atom is -0.497 e. The molecule has 1 aromatic rings. The Morgan fingerprint density at radius 1 is 1.30 bits per heavy atom. The van der Waals surface area contributed by atoms with Gasteiger partial charge in [-0.15, -0.1) is 12.4 Å². The average Bonchev–Trinajstić information content (AvgIpc) is 2.55. The Balaban J connectivity index is 0.00000484. The molecule has 1 atom stereocenters. The van der Waals surface area contributed by atoms with E-state index in [1.165, 1.54) is 0 Å². The molecule has 0 aliphatic carbocycles. The number of rotatable bonds is 9. The lowest BCUT2D eigenvalue weighted by Crippen LogP contribution is -2.47. The van der Waals surface area contributed by atoms with E-state index in [0.717, 1.165) is 24.3 Å². The van der Waals surface area contributed by atoms with Gasteiger partial charge in [0.05, 0.1) is 19.1 Å². The van der Waals surface area contributed by atoms with Crippen LogP contribution in [0.15, 0.2) is 24.3 Å². The molecule has 0 saturated carbocycles. The maximum absolute atomic E-state index is 12.3. The summed E-state index contributed by atoms with van der Waals surface area (Å²) >= 11 is 0. The molecular formula is C17H29ClN2O3. The fourth-order valence-electron chi connectivity index (χ4n) is 2.32. The summed E-state index contributed by atoms with van der Waals surface area (Å²) < 4.78 is 11.0. The first-order valence-corrected chi connectivity index (χ1v) is 7.80. The normalized spacial score (nSPS) is 12.0. The van der Waals surface area contributed by atoms with Crippen LogP contribution in [-0.4, -0.2) is 32.2 Å². The molecule has 0 radical (unpaired) electrons. The second-order valence-electron chi connectivity index (χ2n) is 5.51. The minimum atomic E-state index is -0.477. The largest absolute Gasteiger partial charge is 0.497 e. The number of benzene rings is 1. The van der Waals surface area contributed by atoms with Gasteiger partial charge in [-0.2, -0.15) is 0 Å². The third kappa shape index (κ3) is 5.92. The van der Waals surface area contributed by atoms with E-state index in [4.69, 9.17) is 15.2 Å². The van der Waals surface area contributed by atoms with Gasteiger partial charge < -0.3 is 20.5 Å². The van der Waals surface area contributed by atoms with Crippen LogP contribution in [0.3, 0.4) is 0 Å². The van der Waals surface area contributed by atoms with Crippen molar-refractivity contribution in [2.75, 3.05) is 20.2 Å². The van der Waals surface area contributed by atoms with Crippen molar-refractivity contribution in [3.8, 4) is 11.5 Å². The molecule has 132 valence electrons. The monoisotopic (exact) mass is 344 g/mol. The summed E-state index contributed by atoms with van der Waals surface area (Å²) in [5.74, 6) is 1.46. The number of amides is 1. The number of halogens is 1. The van der Waals surface area contributed by atoms with Gasteiger partial charge in [-0.05, 0) is 31.9 Å². The van der Waals surface area contributed by atoms with Gasteiger partial charge in [0, 0.05) is 12.6 Å². The SMILES string of the molecule is CCC(CC)(CN)C(=O)NCC(C)Oc1cccc(OC)c1.Cl. The van der Waals surface area contributed by atoms with E-state index < -0.39 is 5.41 Å². The first-order chi connectivity index (χ1) is 10.5. The molecule has 1 amide bonds. The topological polar surface area (TPSA) is 73.6 Å². The predicted octanol–water partition coefficient (Wildman–Crippen LogP) is 2.77. The number of carbonyl (C=O) groups is 1. The molecule has 0 aliphatic rings. The summed E-state index contributed by atoms with van der Waals surface area (Å²) in [6, 6.07) is 7.41. The van der Waals surface area contributed by atoms with E-state index >= 15 is 0 Å². The summed E-state index contributed by atoms with van der Waals surface area (Å²) in [4.78, 5) is 12.3. The van der Waals surface area contributed by atoms with E-state index in [2.05, 4.69) is 5.32 Å². The molecule has 0 spiro atoms. The van der Waals surface area contributed by atoms with Crippen molar-refractivity contribution in [3.63, 3.8) is 0 Å². The number of nitrogens with one attached hydrogen (secondary N) is 1. The quantitative estimate of drug-likeness (QED) is 0.722. The Morgan fingerprint density at radius 3 is 2.43 bits per heavy atom. The van der Waals surface area contributed by atoms with Crippen molar-refractivity contribution >= 4 is 18.3 Å². The highest BCUT2D eigenvalue weighted by atomic mass is 35.5. The van der Waals surface area contributed by atoms with Crippen LogP contribution in [0.1, 0.15) is 33.6 Å². The fourth-order valence-corrected chi connectivity index (χ4v) is 2.32. The maximum Gasteiger partial charge on any atom is 0.227 e. The summed E-state index contributed by atoms with van der Waals surface area (Å²) in [7, 11) is 1.62. The van der Waals surface area contributed by atoms with E-state index in [0.29, 0.717) is 13.1 Å². The van der Waals surface area contributed by atoms with Crippen molar-refractivity contribution in [1.82, 2.24) is 5.32 Å².